The van der Waals surface area contributed by atoms with Crippen molar-refractivity contribution in [3.8, 4) is 0 Å². The Bertz CT molecular complexity index is 586. The largest absolute Gasteiger partial charge is 0.464 e. The molecule has 0 atom stereocenters. The Balaban J connectivity index is 2.12. The summed E-state index contributed by atoms with van der Waals surface area (Å²) in [6, 6.07) is 6.11. The summed E-state index contributed by atoms with van der Waals surface area (Å²) in [6.07, 6.45) is 4.31. The summed E-state index contributed by atoms with van der Waals surface area (Å²) in [4.78, 5) is 14.3. The maximum absolute atomic E-state index is 12.3. The number of benzene rings is 1. The molecule has 0 fully saturated rings. The average Bonchev–Trinajstić information content (AvgIpc) is 2.82. The van der Waals surface area contributed by atoms with Crippen LogP contribution in [0.3, 0.4) is 0 Å². The highest BCUT2D eigenvalue weighted by Gasteiger charge is 2.15. The highest BCUT2D eigenvalue weighted by atomic mass is 16.3. The van der Waals surface area contributed by atoms with Gasteiger partial charge in [0.05, 0.1) is 12.7 Å². The van der Waals surface area contributed by atoms with Crippen molar-refractivity contribution < 1.29 is 9.21 Å². The van der Waals surface area contributed by atoms with Crippen molar-refractivity contribution in [2.24, 2.45) is 0 Å². The lowest BCUT2D eigenvalue weighted by Gasteiger charge is -2.20. The predicted molar refractivity (Wildman–Crippen MR) is 81.8 cm³/mol. The number of aryl methyl sites for hydroxylation is 1. The molecule has 0 saturated heterocycles. The number of hydrogen-bond acceptors (Lipinski definition) is 2. The number of amides is 1. The van der Waals surface area contributed by atoms with Crippen LogP contribution in [0.15, 0.2) is 28.9 Å². The maximum Gasteiger partial charge on any atom is 0.227 e. The topological polar surface area (TPSA) is 33.5 Å². The lowest BCUT2D eigenvalue weighted by atomic mass is 10.1. The number of rotatable bonds is 6. The van der Waals surface area contributed by atoms with Gasteiger partial charge in [-0.2, -0.15) is 0 Å². The molecule has 0 aliphatic carbocycles. The van der Waals surface area contributed by atoms with Crippen LogP contribution in [0.2, 0.25) is 0 Å². The van der Waals surface area contributed by atoms with Crippen LogP contribution in [0, 0.1) is 6.92 Å². The predicted octanol–water partition coefficient (Wildman–Crippen LogP) is 3.93. The second kappa shape index (κ2) is 6.60. The molecule has 2 aromatic rings. The zero-order valence-electron chi connectivity index (χ0n) is 12.6. The summed E-state index contributed by atoms with van der Waals surface area (Å²) >= 11 is 0. The van der Waals surface area contributed by atoms with Crippen molar-refractivity contribution >= 4 is 16.9 Å². The summed E-state index contributed by atoms with van der Waals surface area (Å²) < 4.78 is 5.55. The van der Waals surface area contributed by atoms with E-state index in [2.05, 4.69) is 13.0 Å². The van der Waals surface area contributed by atoms with E-state index in [1.165, 1.54) is 5.56 Å². The Morgan fingerprint density at radius 2 is 2.10 bits per heavy atom. The standard InChI is InChI=1S/C17H23NO2/c1-4-6-9-18(5-2)17(19)11-14-12-20-16-10-13(3)7-8-15(14)16/h7-8,10,12H,4-6,9,11H2,1-3H3. The van der Waals surface area contributed by atoms with E-state index in [0.29, 0.717) is 6.42 Å². The fraction of sp³-hybridized carbons (Fsp3) is 0.471. The fourth-order valence-corrected chi connectivity index (χ4v) is 2.41. The van der Waals surface area contributed by atoms with Gasteiger partial charge in [-0.15, -0.1) is 0 Å². The molecular formula is C17H23NO2. The Kier molecular flexibility index (Phi) is 4.83. The molecule has 2 rings (SSSR count). The van der Waals surface area contributed by atoms with Crippen LogP contribution >= 0.6 is 0 Å². The number of carbonyl (C=O) groups is 1. The Hall–Kier alpha value is -1.77. The molecular weight excluding hydrogens is 250 g/mol. The Morgan fingerprint density at radius 1 is 1.30 bits per heavy atom. The second-order valence-corrected chi connectivity index (χ2v) is 5.26. The molecule has 0 aliphatic rings. The number of furan rings is 1. The van der Waals surface area contributed by atoms with Gasteiger partial charge in [-0.05, 0) is 31.9 Å². The summed E-state index contributed by atoms with van der Waals surface area (Å²) in [5.41, 5.74) is 3.02. The number of nitrogens with zero attached hydrogens (tertiary/aromatic N) is 1. The quantitative estimate of drug-likeness (QED) is 0.799. The van der Waals surface area contributed by atoms with Crippen molar-refractivity contribution in [3.05, 3.63) is 35.6 Å². The van der Waals surface area contributed by atoms with E-state index >= 15 is 0 Å². The first kappa shape index (κ1) is 14.6. The van der Waals surface area contributed by atoms with Gasteiger partial charge in [0.25, 0.3) is 0 Å². The van der Waals surface area contributed by atoms with Gasteiger partial charge < -0.3 is 9.32 Å². The first-order valence-corrected chi connectivity index (χ1v) is 7.40. The van der Waals surface area contributed by atoms with Crippen molar-refractivity contribution in [1.82, 2.24) is 4.90 Å². The Morgan fingerprint density at radius 3 is 2.80 bits per heavy atom. The first-order valence-electron chi connectivity index (χ1n) is 7.40. The molecule has 1 amide bonds. The molecule has 1 aromatic carbocycles. The van der Waals surface area contributed by atoms with Crippen LogP contribution in [0.5, 0.6) is 0 Å². The smallest absolute Gasteiger partial charge is 0.227 e. The number of unbranched alkanes of at least 4 members (excludes halogenated alkanes) is 1. The normalized spacial score (nSPS) is 10.9. The molecule has 0 spiro atoms. The molecule has 0 radical (unpaired) electrons. The second-order valence-electron chi connectivity index (χ2n) is 5.26. The monoisotopic (exact) mass is 273 g/mol. The van der Waals surface area contributed by atoms with E-state index in [9.17, 15) is 4.79 Å². The van der Waals surface area contributed by atoms with Gasteiger partial charge in [-0.3, -0.25) is 4.79 Å². The summed E-state index contributed by atoms with van der Waals surface area (Å²) in [5, 5.41) is 1.05. The van der Waals surface area contributed by atoms with Crippen LogP contribution in [0.4, 0.5) is 0 Å². The van der Waals surface area contributed by atoms with Crippen LogP contribution in [-0.4, -0.2) is 23.9 Å². The van der Waals surface area contributed by atoms with Gasteiger partial charge >= 0.3 is 0 Å². The molecule has 3 nitrogen and oxygen atoms in total. The van der Waals surface area contributed by atoms with Crippen LogP contribution in [0.1, 0.15) is 37.8 Å². The highest BCUT2D eigenvalue weighted by molar-refractivity contribution is 5.87. The minimum atomic E-state index is 0.184. The number of carbonyl (C=O) groups excluding carboxylic acids is 1. The van der Waals surface area contributed by atoms with Gasteiger partial charge in [0.1, 0.15) is 5.58 Å². The van der Waals surface area contributed by atoms with Crippen LogP contribution in [-0.2, 0) is 11.2 Å². The minimum absolute atomic E-state index is 0.184. The number of fused-ring (bicyclic) bond motifs is 1. The third kappa shape index (κ3) is 3.21. The SMILES string of the molecule is CCCCN(CC)C(=O)Cc1coc2cc(C)ccc12. The van der Waals surface area contributed by atoms with Crippen molar-refractivity contribution in [2.45, 2.75) is 40.0 Å². The van der Waals surface area contributed by atoms with E-state index in [4.69, 9.17) is 4.42 Å². The van der Waals surface area contributed by atoms with Crippen molar-refractivity contribution in [3.63, 3.8) is 0 Å². The van der Waals surface area contributed by atoms with Gasteiger partial charge in [-0.25, -0.2) is 0 Å². The van der Waals surface area contributed by atoms with E-state index in [1.807, 2.05) is 30.9 Å². The molecule has 0 N–H and O–H groups in total. The van der Waals surface area contributed by atoms with Crippen LogP contribution < -0.4 is 0 Å². The van der Waals surface area contributed by atoms with E-state index in [-0.39, 0.29) is 5.91 Å². The van der Waals surface area contributed by atoms with Crippen molar-refractivity contribution in [2.75, 3.05) is 13.1 Å². The van der Waals surface area contributed by atoms with Gasteiger partial charge in [0, 0.05) is 24.0 Å². The third-order valence-corrected chi connectivity index (χ3v) is 3.67. The molecule has 0 saturated carbocycles. The van der Waals surface area contributed by atoms with E-state index < -0.39 is 0 Å². The third-order valence-electron chi connectivity index (χ3n) is 3.67. The van der Waals surface area contributed by atoms with Gasteiger partial charge in [0.15, 0.2) is 0 Å². The molecule has 1 aromatic heterocycles. The summed E-state index contributed by atoms with van der Waals surface area (Å²) in [7, 11) is 0. The fourth-order valence-electron chi connectivity index (χ4n) is 2.41. The molecule has 0 bridgehead atoms. The van der Waals surface area contributed by atoms with Gasteiger partial charge in [0.2, 0.25) is 5.91 Å². The zero-order chi connectivity index (χ0) is 14.5. The molecule has 0 unspecified atom stereocenters. The Labute approximate surface area is 120 Å². The zero-order valence-corrected chi connectivity index (χ0v) is 12.6. The number of likely N-dealkylation sites (N-methyl/N-ethyl adjacent to an activating group) is 1. The van der Waals surface area contributed by atoms with Crippen molar-refractivity contribution in [1.29, 1.82) is 0 Å². The average molecular weight is 273 g/mol. The highest BCUT2D eigenvalue weighted by Crippen LogP contribution is 2.23. The van der Waals surface area contributed by atoms with Crippen LogP contribution in [0.25, 0.3) is 11.0 Å². The molecule has 0 aliphatic heterocycles. The molecule has 108 valence electrons. The molecule has 1 heterocycles. The molecule has 20 heavy (non-hydrogen) atoms. The lowest BCUT2D eigenvalue weighted by molar-refractivity contribution is -0.130. The maximum atomic E-state index is 12.3. The summed E-state index contributed by atoms with van der Waals surface area (Å²) in [5.74, 6) is 0.184. The van der Waals surface area contributed by atoms with E-state index in [1.54, 1.807) is 6.26 Å². The van der Waals surface area contributed by atoms with E-state index in [0.717, 1.165) is 42.5 Å². The lowest BCUT2D eigenvalue weighted by Crippen LogP contribution is -2.32. The first-order chi connectivity index (χ1) is 9.65. The molecule has 3 heteroatoms. The number of hydrogen-bond donors (Lipinski definition) is 0. The minimum Gasteiger partial charge on any atom is -0.464 e. The summed E-state index contributed by atoms with van der Waals surface area (Å²) in [6.45, 7) is 7.83. The van der Waals surface area contributed by atoms with Gasteiger partial charge in [-0.1, -0.05) is 25.5 Å².